The lowest BCUT2D eigenvalue weighted by Gasteiger charge is -2.49. The highest BCUT2D eigenvalue weighted by atomic mass is 19.4. The third-order valence-electron chi connectivity index (χ3n) is 4.42. The van der Waals surface area contributed by atoms with E-state index in [4.69, 9.17) is 0 Å². The number of nitrogens with zero attached hydrogens (tertiary/aromatic N) is 1. The molecule has 0 aromatic rings. The van der Waals surface area contributed by atoms with E-state index in [-0.39, 0.29) is 0 Å². The van der Waals surface area contributed by atoms with Gasteiger partial charge in [-0.2, -0.15) is 114 Å². The van der Waals surface area contributed by atoms with Gasteiger partial charge in [-0.3, -0.25) is 0 Å². The minimum absolute atomic E-state index is 1.67. The van der Waals surface area contributed by atoms with Crippen LogP contribution in [0.5, 0.6) is 0 Å². The van der Waals surface area contributed by atoms with Gasteiger partial charge in [0.05, 0.1) is 0 Å². The van der Waals surface area contributed by atoms with Crippen molar-refractivity contribution in [2.24, 2.45) is 0 Å². The van der Waals surface area contributed by atoms with Gasteiger partial charge in [0, 0.05) is 6.92 Å². The van der Waals surface area contributed by atoms with Crippen LogP contribution in [0.15, 0.2) is 0 Å². The fraction of sp³-hybridized carbons (Fsp3) is 1.00. The van der Waals surface area contributed by atoms with Crippen LogP contribution in [-0.4, -0.2) is 76.8 Å². The van der Waals surface area contributed by atoms with Crippen molar-refractivity contribution in [3.63, 3.8) is 0 Å². The Morgan fingerprint density at radius 3 is 0.600 bits per heavy atom. The summed E-state index contributed by atoms with van der Waals surface area (Å²) in [7, 11) is 0. The van der Waals surface area contributed by atoms with Crippen molar-refractivity contribution in [2.75, 3.05) is 0 Å². The monoisotopic (exact) mass is 667 g/mol. The van der Waals surface area contributed by atoms with Gasteiger partial charge >= 0.3 is 71.9 Å². The third-order valence-corrected chi connectivity index (χ3v) is 4.42. The number of rotatable bonds is 10. The Balaban J connectivity index is 8.21. The summed E-state index contributed by atoms with van der Waals surface area (Å²) in [6.07, 6.45) is -16.8. The summed E-state index contributed by atoms with van der Waals surface area (Å²) in [5.41, 5.74) is 0. The van der Waals surface area contributed by atoms with Crippen molar-refractivity contribution < 1.29 is 114 Å². The standard InChI is InChI=1S/C13H3F26N/c1-2(14,15)3(16,17)6(22,23)11(34,35)40(12(36,37)7(24,25)4(18,19)9(28,29)30)13(38,39)8(26,27)5(20,21)10(31,32)33/h1H3. The first-order valence-corrected chi connectivity index (χ1v) is 8.33. The molecule has 0 unspecified atom stereocenters. The molecule has 0 aromatic carbocycles. The lowest BCUT2D eigenvalue weighted by molar-refractivity contribution is -0.526. The van der Waals surface area contributed by atoms with Crippen LogP contribution in [0.25, 0.3) is 0 Å². The first-order valence-electron chi connectivity index (χ1n) is 8.33. The fourth-order valence-electron chi connectivity index (χ4n) is 2.15. The van der Waals surface area contributed by atoms with Gasteiger partial charge in [-0.05, 0) is 0 Å². The predicted molar refractivity (Wildman–Crippen MR) is 69.1 cm³/mol. The first kappa shape index (κ1) is 38.1. The second kappa shape index (κ2) is 9.07. The van der Waals surface area contributed by atoms with Crippen molar-refractivity contribution >= 4 is 0 Å². The molecule has 0 amide bonds. The molecule has 0 saturated carbocycles. The molecule has 40 heavy (non-hydrogen) atoms. The van der Waals surface area contributed by atoms with Gasteiger partial charge in [0.1, 0.15) is 0 Å². The number of halogens is 26. The minimum atomic E-state index is -9.69. The summed E-state index contributed by atoms with van der Waals surface area (Å²) >= 11 is 0. The van der Waals surface area contributed by atoms with Crippen molar-refractivity contribution in [2.45, 2.75) is 78.9 Å². The van der Waals surface area contributed by atoms with Gasteiger partial charge in [-0.25, -0.2) is 0 Å². The summed E-state index contributed by atoms with van der Waals surface area (Å²) in [4.78, 5) is -5.98. The zero-order chi connectivity index (χ0) is 33.6. The normalized spacial score (nSPS) is 17.1. The zero-order valence-corrected chi connectivity index (χ0v) is 17.3. The summed E-state index contributed by atoms with van der Waals surface area (Å²) in [6, 6.07) is -28.9. The van der Waals surface area contributed by atoms with Gasteiger partial charge in [0.15, 0.2) is 0 Å². The van der Waals surface area contributed by atoms with E-state index in [0.29, 0.717) is 0 Å². The van der Waals surface area contributed by atoms with Gasteiger partial charge < -0.3 is 0 Å². The maximum atomic E-state index is 14.0. The Hall–Kier alpha value is -1.86. The van der Waals surface area contributed by atoms with Gasteiger partial charge in [-0.1, -0.05) is 0 Å². The van der Waals surface area contributed by atoms with Crippen LogP contribution in [0.1, 0.15) is 6.92 Å². The Bertz CT molecular complexity index is 793. The molecule has 0 bridgehead atoms. The largest absolute Gasteiger partial charge is 0.460 e. The van der Waals surface area contributed by atoms with Gasteiger partial charge in [-0.15, -0.1) is 4.90 Å². The maximum absolute atomic E-state index is 14.0. The van der Waals surface area contributed by atoms with E-state index in [1.165, 1.54) is 0 Å². The molecule has 0 heterocycles. The highest BCUT2D eigenvalue weighted by molar-refractivity contribution is 5.12. The molecule has 0 aliphatic heterocycles. The van der Waals surface area contributed by atoms with Gasteiger partial charge in [0.25, 0.3) is 0 Å². The molecule has 0 rings (SSSR count). The Morgan fingerprint density at radius 1 is 0.275 bits per heavy atom. The molecule has 1 nitrogen and oxygen atoms in total. The summed E-state index contributed by atoms with van der Waals surface area (Å²) in [5, 5.41) is 0. The van der Waals surface area contributed by atoms with Crippen molar-refractivity contribution in [1.29, 1.82) is 0 Å². The zero-order valence-electron chi connectivity index (χ0n) is 17.3. The number of alkyl halides is 26. The Morgan fingerprint density at radius 2 is 0.450 bits per heavy atom. The molecule has 0 saturated heterocycles. The van der Waals surface area contributed by atoms with Crippen LogP contribution in [0, 0.1) is 0 Å². The molecule has 0 aliphatic rings. The molecule has 0 N–H and O–H groups in total. The highest BCUT2D eigenvalue weighted by Gasteiger charge is 2.96. The van der Waals surface area contributed by atoms with Crippen LogP contribution < -0.4 is 0 Å². The maximum Gasteiger partial charge on any atom is 0.460 e. The molecule has 0 atom stereocenters. The van der Waals surface area contributed by atoms with Crippen molar-refractivity contribution in [3.8, 4) is 0 Å². The molecular formula is C13H3F26N. The average Bonchev–Trinajstić information content (AvgIpc) is 2.63. The smallest absolute Gasteiger partial charge is 0.200 e. The Kier molecular flexibility index (Phi) is 8.65. The quantitative estimate of drug-likeness (QED) is 0.167. The minimum Gasteiger partial charge on any atom is -0.200 e. The van der Waals surface area contributed by atoms with E-state index in [1.54, 1.807) is 0 Å². The topological polar surface area (TPSA) is 3.24 Å². The summed E-state index contributed by atoms with van der Waals surface area (Å²) < 4.78 is 341. The number of hydrogen-bond acceptors (Lipinski definition) is 1. The van der Waals surface area contributed by atoms with E-state index in [9.17, 15) is 114 Å². The van der Waals surface area contributed by atoms with Crippen molar-refractivity contribution in [1.82, 2.24) is 4.90 Å². The van der Waals surface area contributed by atoms with Gasteiger partial charge in [0.2, 0.25) is 0 Å². The van der Waals surface area contributed by atoms with Crippen LogP contribution in [0.3, 0.4) is 0 Å². The summed E-state index contributed by atoms with van der Waals surface area (Å²) in [5.74, 6) is -61.0. The fourth-order valence-corrected chi connectivity index (χ4v) is 2.15. The molecular weight excluding hydrogens is 664 g/mol. The van der Waals surface area contributed by atoms with E-state index < -0.39 is 83.8 Å². The van der Waals surface area contributed by atoms with E-state index >= 15 is 0 Å². The van der Waals surface area contributed by atoms with Crippen LogP contribution in [-0.2, 0) is 0 Å². The molecule has 242 valence electrons. The molecule has 0 fully saturated rings. The second-order valence-corrected chi connectivity index (χ2v) is 7.29. The molecule has 0 spiro atoms. The van der Waals surface area contributed by atoms with E-state index in [2.05, 4.69) is 0 Å². The second-order valence-electron chi connectivity index (χ2n) is 7.29. The average molecular weight is 667 g/mol. The SMILES string of the molecule is CC(F)(F)C(F)(F)C(F)(F)C(F)(F)N(C(F)(F)C(F)(F)C(F)(F)C(F)(F)F)C(F)(F)C(F)(F)C(F)(F)C(F)(F)F. The van der Waals surface area contributed by atoms with Crippen LogP contribution in [0.4, 0.5) is 114 Å². The van der Waals surface area contributed by atoms with Crippen molar-refractivity contribution in [3.05, 3.63) is 0 Å². The van der Waals surface area contributed by atoms with Crippen LogP contribution >= 0.6 is 0 Å². The highest BCUT2D eigenvalue weighted by Crippen LogP contribution is 2.65. The Labute approximate surface area is 199 Å². The summed E-state index contributed by atoms with van der Waals surface area (Å²) in [6.45, 7) is -1.67. The van der Waals surface area contributed by atoms with E-state index in [0.717, 1.165) is 0 Å². The molecule has 27 heteroatoms. The first-order chi connectivity index (χ1) is 16.6. The molecule has 0 aliphatic carbocycles. The van der Waals surface area contributed by atoms with E-state index in [1.807, 2.05) is 0 Å². The van der Waals surface area contributed by atoms with Crippen LogP contribution in [0.2, 0.25) is 0 Å². The molecule has 0 aromatic heterocycles. The predicted octanol–water partition coefficient (Wildman–Crippen LogP) is 8.66. The lowest BCUT2D eigenvalue weighted by atomic mass is 9.98. The molecule has 0 radical (unpaired) electrons. The third kappa shape index (κ3) is 4.73. The lowest BCUT2D eigenvalue weighted by Crippen LogP contribution is -2.81. The number of hydrogen-bond donors (Lipinski definition) is 0.